The van der Waals surface area contributed by atoms with Gasteiger partial charge in [0.25, 0.3) is 35.1 Å². The number of esters is 1. The molecule has 0 saturated heterocycles. The number of nitrogens with zero attached hydrogens (tertiary/aromatic N) is 3. The van der Waals surface area contributed by atoms with Crippen molar-refractivity contribution in [3.63, 3.8) is 0 Å². The highest BCUT2D eigenvalue weighted by atomic mass is 79.9. The summed E-state index contributed by atoms with van der Waals surface area (Å²) in [5.74, 6) is 0.0698. The summed E-state index contributed by atoms with van der Waals surface area (Å²) in [6, 6.07) is 39.4. The maximum atomic E-state index is 14.9. The maximum Gasteiger partial charge on any atom is 0.313 e. The number of anilines is 5. The zero-order valence-corrected chi connectivity index (χ0v) is 94.7. The number of nitro groups is 1. The van der Waals surface area contributed by atoms with Gasteiger partial charge in [-0.15, -0.1) is 0 Å². The van der Waals surface area contributed by atoms with Crippen LogP contribution in [-0.4, -0.2) is 82.8 Å². The molecule has 0 aromatic heterocycles. The van der Waals surface area contributed by atoms with Crippen molar-refractivity contribution in [1.29, 1.82) is 0 Å². The predicted octanol–water partition coefficient (Wildman–Crippen LogP) is 33.6. The van der Waals surface area contributed by atoms with Crippen molar-refractivity contribution in [2.75, 3.05) is 50.8 Å². The number of Topliss-reactive ketones (excluding diaryl/α,β-unsaturated/α-hetero) is 3. The number of nitro benzene ring substituents is 1. The van der Waals surface area contributed by atoms with Crippen molar-refractivity contribution in [3.8, 4) is 0 Å². The number of ketones is 3. The van der Waals surface area contributed by atoms with E-state index in [1.807, 2.05) is 76.5 Å². The first-order valence-corrected chi connectivity index (χ1v) is 56.6. The fourth-order valence-electron chi connectivity index (χ4n) is 17.5. The number of halogens is 9. The van der Waals surface area contributed by atoms with Gasteiger partial charge in [-0.25, -0.2) is 0 Å². The van der Waals surface area contributed by atoms with Crippen molar-refractivity contribution in [3.05, 3.63) is 212 Å². The molecule has 13 rings (SSSR count). The number of unbranched alkanes of at least 4 members (excludes halogenated alkanes) is 24. The van der Waals surface area contributed by atoms with E-state index < -0.39 is 22.6 Å². The molecule has 0 spiro atoms. The van der Waals surface area contributed by atoms with Gasteiger partial charge < -0.3 is 30.5 Å². The number of nitrogens with one attached hydrogen (secondary N) is 3. The number of hydrogen-bond acceptors (Lipinski definition) is 12. The highest BCUT2D eigenvalue weighted by Gasteiger charge is 2.44. The van der Waals surface area contributed by atoms with E-state index in [1.165, 1.54) is 224 Å². The van der Waals surface area contributed by atoms with Gasteiger partial charge in [0.05, 0.1) is 67.5 Å². The summed E-state index contributed by atoms with van der Waals surface area (Å²) in [5, 5.41) is 19.6. The fraction of sp³-hybridized carbons (Fsp3) is 0.495. The second-order valence-corrected chi connectivity index (χ2v) is 43.6. The summed E-state index contributed by atoms with van der Waals surface area (Å²) in [7, 11) is 0. The summed E-state index contributed by atoms with van der Waals surface area (Å²) >= 11 is 30.7. The van der Waals surface area contributed by atoms with Gasteiger partial charge >= 0.3 is 5.97 Å². The van der Waals surface area contributed by atoms with E-state index in [4.69, 9.17) is 0 Å². The number of rotatable bonds is 45. The summed E-state index contributed by atoms with van der Waals surface area (Å²) < 4.78 is 11.3. The number of amides is 5. The highest BCUT2D eigenvalue weighted by molar-refractivity contribution is 9.11. The van der Waals surface area contributed by atoms with Gasteiger partial charge in [-0.1, -0.05) is 392 Å². The molecule has 6 aliphatic rings. The molecule has 1 aliphatic carbocycles. The smallest absolute Gasteiger partial charge is 0.313 e. The first-order chi connectivity index (χ1) is 65.4. The predicted molar refractivity (Wildman–Crippen MR) is 591 cm³/mol. The Morgan fingerprint density at radius 3 is 1.17 bits per heavy atom. The van der Waals surface area contributed by atoms with Crippen LogP contribution in [-0.2, 0) is 55.9 Å². The number of carbonyl (C=O) groups is 9. The molecule has 5 aliphatic heterocycles. The zero-order valence-electron chi connectivity index (χ0n) is 80.4. The molecule has 0 radical (unpaired) electrons. The molecule has 0 saturated carbocycles. The van der Waals surface area contributed by atoms with Gasteiger partial charge in [0, 0.05) is 90.2 Å². The molecule has 738 valence electrons. The van der Waals surface area contributed by atoms with Crippen molar-refractivity contribution in [2.24, 2.45) is 17.8 Å². The second kappa shape index (κ2) is 63.5. The van der Waals surface area contributed by atoms with Crippen LogP contribution < -0.4 is 25.8 Å². The van der Waals surface area contributed by atoms with E-state index in [-0.39, 0.29) is 47.3 Å². The lowest BCUT2D eigenvalue weighted by atomic mass is 9.93. The molecule has 5 amide bonds. The molecule has 7 aromatic carbocycles. The normalized spacial score (nSPS) is 15.0. The minimum atomic E-state index is -0.553. The Morgan fingerprint density at radius 2 is 0.743 bits per heavy atom. The number of alkyl halides is 1. The zero-order chi connectivity index (χ0) is 99.2. The number of hydrogen-bond donors (Lipinski definition) is 3. The van der Waals surface area contributed by atoms with Gasteiger partial charge in [0.15, 0.2) is 5.78 Å². The third-order valence-electron chi connectivity index (χ3n) is 24.7. The van der Waals surface area contributed by atoms with Crippen molar-refractivity contribution >= 4 is 253 Å². The Hall–Kier alpha value is -6.43. The van der Waals surface area contributed by atoms with Crippen LogP contribution in [0.1, 0.15) is 337 Å². The first-order valence-electron chi connectivity index (χ1n) is 49.1. The quantitative estimate of drug-likeness (QED) is 0.00471. The van der Waals surface area contributed by atoms with Gasteiger partial charge in [-0.2, -0.15) is 0 Å². The molecule has 136 heavy (non-hydrogen) atoms. The Labute approximate surface area is 883 Å². The van der Waals surface area contributed by atoms with Crippen LogP contribution >= 0.6 is 143 Å². The summed E-state index contributed by atoms with van der Waals surface area (Å²) in [6.45, 7) is 18.5. The van der Waals surface area contributed by atoms with Crippen LogP contribution in [0.25, 0.3) is 22.3 Å². The SMILES string of the molecule is CCCCCCCCC(CBr)CCCCCC.CCCCCCCCC(CCCCCC)CN1C(=O)/C(=C2/C(=O)N(CC(CCCCCC)CCCCCCCC)c3cc(Br)ccc32)c2ccc(Br)cc21.CCOC(=O)CC(C)=O.O=C1Cc2cc(Br)ccc2/C1=C1\C(=O)Nc2cc(Br)ccc21.O=C1Cc2ccc(Br)cc2N1.O=C1Nc2cc(Br)ccc2C1=O.O=[N+]([O-])c1cc(Br)ccc1Br. The Kier molecular flexibility index (Phi) is 54.4. The fourth-order valence-corrected chi connectivity index (χ4v) is 21.1. The van der Waals surface area contributed by atoms with Crippen LogP contribution in [0.5, 0.6) is 0 Å². The third-order valence-corrected chi connectivity index (χ3v) is 29.8. The van der Waals surface area contributed by atoms with E-state index in [0.29, 0.717) is 86.9 Å². The molecular weight excluding hydrogens is 2300 g/mol. The van der Waals surface area contributed by atoms with Crippen molar-refractivity contribution < 1.29 is 52.8 Å². The topological polar surface area (TPSA) is 249 Å². The second-order valence-electron chi connectivity index (χ2n) is 35.7. The van der Waals surface area contributed by atoms with Crippen LogP contribution in [0.15, 0.2) is 163 Å². The minimum Gasteiger partial charge on any atom is -0.466 e. The molecule has 27 heteroatoms. The highest BCUT2D eigenvalue weighted by Crippen LogP contribution is 2.50. The van der Waals surface area contributed by atoms with E-state index in [1.54, 1.807) is 37.3 Å². The average molecular weight is 2440 g/mol. The first kappa shape index (κ1) is 117. The summed E-state index contributed by atoms with van der Waals surface area (Å²) in [5.41, 5.74) is 12.3. The molecule has 3 N–H and O–H groups in total. The molecule has 0 fully saturated rings. The molecule has 7 aromatic rings. The standard InChI is InChI=1S/C48H72Br2N2O2.C17H9Br2NO2.C16H33Br.C8H4BrNO2.C8H6BrNO.C6H3Br2NO2.C6H10O3/c1-5-9-13-17-19-23-27-37(25-21-15-11-7-3)35-51-43-33-39(49)29-31-41(43)45(47(51)53)46-42-32-30-40(50)34-44(42)52(48(46)54)36-38(26-22-16-12-8-4)28-24-20-18-14-10-6-2;18-9-1-3-11-8(5-9)6-14(21)15(11)16-12-4-2-10(19)7-13(12)20-17(16)22;1-3-5-7-9-10-12-14-16(15-17)13-11-8-6-4-2;9-4-1-2-5-6(3-4)10-8(12)7(5)11;9-6-2-1-5-3-8(11)10-7(5)4-6;7-4-1-2-5(8)6(3-4)9(10)11;1-3-9-6(8)4-5(2)7/h29-34,37-38H,5-28,35-36H2,1-4H3;1-5,7H,6H2,(H,20,22);16H,3-15H2,1-2H3;1-3H,(H,10,11,12);1-2,4H,3H2,(H,10,11);1-3H;3-4H2,1-2H3/b46-45+;16-15+;;;;;. The lowest BCUT2D eigenvalue weighted by Gasteiger charge is -2.25. The monoisotopic (exact) mass is 2430 g/mol. The Bertz CT molecular complexity index is 5050. The summed E-state index contributed by atoms with van der Waals surface area (Å²) in [6.07, 6.45) is 47.9. The van der Waals surface area contributed by atoms with Crippen molar-refractivity contribution in [2.45, 2.75) is 306 Å². The number of fused-ring (bicyclic) bond motifs is 6. The molecule has 18 nitrogen and oxygen atoms in total. The molecular formula is C109H137Br9N6O12. The van der Waals surface area contributed by atoms with Gasteiger partial charge in [-0.3, -0.25) is 53.3 Å². The lowest BCUT2D eigenvalue weighted by molar-refractivity contribution is -0.385. The van der Waals surface area contributed by atoms with Gasteiger partial charge in [0.2, 0.25) is 5.91 Å². The molecule has 5 heterocycles. The largest absolute Gasteiger partial charge is 0.466 e. The van der Waals surface area contributed by atoms with Crippen LogP contribution in [0.4, 0.5) is 34.1 Å². The minimum absolute atomic E-state index is 0.00554. The average Bonchev–Trinajstić information content (AvgIpc) is 1.57. The number of allylic oxidation sites excluding steroid dienone is 1. The maximum absolute atomic E-state index is 14.9. The molecule has 0 bridgehead atoms. The number of ether oxygens (including phenoxy) is 1. The Balaban J connectivity index is 0.000000249. The Morgan fingerprint density at radius 1 is 0.382 bits per heavy atom. The summed E-state index contributed by atoms with van der Waals surface area (Å²) in [4.78, 5) is 122. The van der Waals surface area contributed by atoms with E-state index in [0.717, 1.165) is 115 Å². The van der Waals surface area contributed by atoms with Crippen LogP contribution in [0, 0.1) is 27.9 Å². The third kappa shape index (κ3) is 38.1. The lowest BCUT2D eigenvalue weighted by Crippen LogP contribution is -2.34. The van der Waals surface area contributed by atoms with E-state index in [9.17, 15) is 53.3 Å². The van der Waals surface area contributed by atoms with Crippen LogP contribution in [0.2, 0.25) is 0 Å². The van der Waals surface area contributed by atoms with Crippen LogP contribution in [0.3, 0.4) is 0 Å². The number of carbonyl (C=O) groups excluding carboxylic acids is 9. The van der Waals surface area contributed by atoms with Crippen molar-refractivity contribution in [1.82, 2.24) is 0 Å². The molecule has 3 atom stereocenters. The van der Waals surface area contributed by atoms with Gasteiger partial charge in [0.1, 0.15) is 12.2 Å². The number of benzene rings is 7. The van der Waals surface area contributed by atoms with E-state index >= 15 is 0 Å². The molecule has 3 unspecified atom stereocenters. The van der Waals surface area contributed by atoms with E-state index in [2.05, 4.69) is 230 Å². The van der Waals surface area contributed by atoms with Gasteiger partial charge in [-0.05, 0) is 194 Å².